The molecule has 4 atom stereocenters. The van der Waals surface area contributed by atoms with E-state index in [0.29, 0.717) is 26.0 Å². The average molecular weight is 441 g/mol. The van der Waals surface area contributed by atoms with E-state index in [1.165, 1.54) is 0 Å². The summed E-state index contributed by atoms with van der Waals surface area (Å²) in [5.74, 6) is -0.845. The summed E-state index contributed by atoms with van der Waals surface area (Å²) < 4.78 is 6.27. The predicted molar refractivity (Wildman–Crippen MR) is 122 cm³/mol. The van der Waals surface area contributed by atoms with Gasteiger partial charge in [-0.3, -0.25) is 14.4 Å². The third-order valence-corrected chi connectivity index (χ3v) is 7.77. The van der Waals surface area contributed by atoms with E-state index in [1.54, 1.807) is 4.90 Å². The Hall–Kier alpha value is -2.21. The van der Waals surface area contributed by atoms with Crippen LogP contribution in [0.4, 0.5) is 0 Å². The van der Waals surface area contributed by atoms with E-state index in [2.05, 4.69) is 12.1 Å². The normalized spacial score (nSPS) is 28.2. The SMILES string of the molecule is CCC(C)(C)C(=O)C(=O)N1C2CCCC1C(=O)N(C1CCCC1OCc1ccccc1)C2. The molecule has 1 aromatic carbocycles. The molecular formula is C26H36N2O4. The van der Waals surface area contributed by atoms with Gasteiger partial charge in [-0.15, -0.1) is 0 Å². The quantitative estimate of drug-likeness (QED) is 0.606. The van der Waals surface area contributed by atoms with Gasteiger partial charge in [0, 0.05) is 12.0 Å². The first kappa shape index (κ1) is 23.0. The zero-order chi connectivity index (χ0) is 22.9. The number of Topliss-reactive ketones (excluding diaryl/α,β-unsaturated/α-hetero) is 1. The summed E-state index contributed by atoms with van der Waals surface area (Å²) in [4.78, 5) is 43.3. The molecule has 1 aliphatic carbocycles. The van der Waals surface area contributed by atoms with Crippen LogP contribution in [0.2, 0.25) is 0 Å². The number of nitrogens with zero attached hydrogens (tertiary/aromatic N) is 2. The van der Waals surface area contributed by atoms with E-state index < -0.39 is 17.4 Å². The van der Waals surface area contributed by atoms with Crippen LogP contribution in [0, 0.1) is 5.41 Å². The van der Waals surface area contributed by atoms with Crippen LogP contribution in [0.1, 0.15) is 71.3 Å². The van der Waals surface area contributed by atoms with Gasteiger partial charge in [0.1, 0.15) is 6.04 Å². The van der Waals surface area contributed by atoms with Crippen LogP contribution >= 0.6 is 0 Å². The van der Waals surface area contributed by atoms with Crippen molar-refractivity contribution < 1.29 is 19.1 Å². The minimum atomic E-state index is -0.701. The summed E-state index contributed by atoms with van der Waals surface area (Å²) in [6, 6.07) is 9.58. The minimum Gasteiger partial charge on any atom is -0.371 e. The first-order valence-electron chi connectivity index (χ1n) is 12.2. The molecule has 3 fully saturated rings. The highest BCUT2D eigenvalue weighted by atomic mass is 16.5. The average Bonchev–Trinajstić information content (AvgIpc) is 3.27. The molecule has 6 heteroatoms. The second kappa shape index (κ2) is 9.34. The third-order valence-electron chi connectivity index (χ3n) is 7.77. The fourth-order valence-corrected chi connectivity index (χ4v) is 5.42. The first-order chi connectivity index (χ1) is 15.3. The Balaban J connectivity index is 1.48. The smallest absolute Gasteiger partial charge is 0.291 e. The molecule has 4 rings (SSSR count). The number of hydrogen-bond donors (Lipinski definition) is 0. The van der Waals surface area contributed by atoms with Gasteiger partial charge in [-0.05, 0) is 50.5 Å². The maximum atomic E-state index is 13.6. The van der Waals surface area contributed by atoms with Crippen molar-refractivity contribution >= 4 is 17.6 Å². The number of likely N-dealkylation sites (tertiary alicyclic amines) is 1. The first-order valence-corrected chi connectivity index (χ1v) is 12.2. The Labute approximate surface area is 191 Å². The number of ether oxygens (including phenoxy) is 1. The molecule has 32 heavy (non-hydrogen) atoms. The van der Waals surface area contributed by atoms with E-state index >= 15 is 0 Å². The number of fused-ring (bicyclic) bond motifs is 2. The van der Waals surface area contributed by atoms with Crippen molar-refractivity contribution in [1.29, 1.82) is 0 Å². The lowest BCUT2D eigenvalue weighted by molar-refractivity contribution is -0.168. The number of piperidine rings is 1. The number of hydrogen-bond acceptors (Lipinski definition) is 4. The van der Waals surface area contributed by atoms with Gasteiger partial charge in [0.05, 0.1) is 24.8 Å². The van der Waals surface area contributed by atoms with Crippen molar-refractivity contribution in [2.45, 2.75) is 96.6 Å². The molecular weight excluding hydrogens is 404 g/mol. The van der Waals surface area contributed by atoms with Gasteiger partial charge in [0.25, 0.3) is 5.91 Å². The Morgan fingerprint density at radius 3 is 2.50 bits per heavy atom. The van der Waals surface area contributed by atoms with Crippen LogP contribution in [0.3, 0.4) is 0 Å². The van der Waals surface area contributed by atoms with E-state index in [1.807, 2.05) is 43.9 Å². The highest BCUT2D eigenvalue weighted by molar-refractivity contribution is 6.38. The summed E-state index contributed by atoms with van der Waals surface area (Å²) in [5.41, 5.74) is 0.432. The van der Waals surface area contributed by atoms with Gasteiger partial charge in [0.2, 0.25) is 11.7 Å². The maximum absolute atomic E-state index is 13.6. The Bertz CT molecular complexity index is 853. The molecule has 0 N–H and O–H groups in total. The lowest BCUT2D eigenvalue weighted by atomic mass is 9.82. The second-order valence-electron chi connectivity index (χ2n) is 10.2. The van der Waals surface area contributed by atoms with Gasteiger partial charge >= 0.3 is 0 Å². The van der Waals surface area contributed by atoms with E-state index in [0.717, 1.165) is 37.7 Å². The minimum absolute atomic E-state index is 0.00313. The predicted octanol–water partition coefficient (Wildman–Crippen LogP) is 3.72. The van der Waals surface area contributed by atoms with Crippen LogP contribution in [-0.4, -0.2) is 58.2 Å². The third kappa shape index (κ3) is 4.34. The number of benzene rings is 1. The van der Waals surface area contributed by atoms with Crippen molar-refractivity contribution in [3.8, 4) is 0 Å². The van der Waals surface area contributed by atoms with Crippen LogP contribution in [0.5, 0.6) is 0 Å². The van der Waals surface area contributed by atoms with Crippen LogP contribution in [0.15, 0.2) is 30.3 Å². The Morgan fingerprint density at radius 1 is 1.06 bits per heavy atom. The highest BCUT2D eigenvalue weighted by Crippen LogP contribution is 2.36. The van der Waals surface area contributed by atoms with Crippen molar-refractivity contribution in [2.75, 3.05) is 6.54 Å². The molecule has 2 saturated heterocycles. The van der Waals surface area contributed by atoms with Crippen molar-refractivity contribution in [2.24, 2.45) is 5.41 Å². The number of carbonyl (C=O) groups is 3. The number of piperazine rings is 1. The van der Waals surface area contributed by atoms with Crippen LogP contribution in [0.25, 0.3) is 0 Å². The number of amides is 2. The molecule has 174 valence electrons. The van der Waals surface area contributed by atoms with Crippen LogP contribution in [-0.2, 0) is 25.7 Å². The molecule has 2 amide bonds. The number of carbonyl (C=O) groups excluding carboxylic acids is 3. The van der Waals surface area contributed by atoms with Gasteiger partial charge in [-0.1, -0.05) is 51.1 Å². The summed E-state index contributed by atoms with van der Waals surface area (Å²) in [6.45, 7) is 6.60. The zero-order valence-electron chi connectivity index (χ0n) is 19.6. The summed E-state index contributed by atoms with van der Waals surface area (Å²) >= 11 is 0. The number of ketones is 1. The van der Waals surface area contributed by atoms with Crippen molar-refractivity contribution in [1.82, 2.24) is 9.80 Å². The lowest BCUT2D eigenvalue weighted by Crippen LogP contribution is -2.69. The molecule has 2 bridgehead atoms. The fourth-order valence-electron chi connectivity index (χ4n) is 5.42. The van der Waals surface area contributed by atoms with E-state index in [4.69, 9.17) is 4.74 Å². The Morgan fingerprint density at radius 2 is 1.78 bits per heavy atom. The van der Waals surface area contributed by atoms with Gasteiger partial charge < -0.3 is 14.5 Å². The zero-order valence-corrected chi connectivity index (χ0v) is 19.6. The topological polar surface area (TPSA) is 66.9 Å². The molecule has 1 aromatic rings. The monoisotopic (exact) mass is 440 g/mol. The van der Waals surface area contributed by atoms with Crippen molar-refractivity contribution in [3.63, 3.8) is 0 Å². The van der Waals surface area contributed by atoms with Gasteiger partial charge in [-0.25, -0.2) is 0 Å². The Kier molecular flexibility index (Phi) is 6.70. The molecule has 0 radical (unpaired) electrons. The maximum Gasteiger partial charge on any atom is 0.291 e. The molecule has 1 saturated carbocycles. The van der Waals surface area contributed by atoms with Gasteiger partial charge in [0.15, 0.2) is 0 Å². The largest absolute Gasteiger partial charge is 0.371 e. The molecule has 2 heterocycles. The fraction of sp³-hybridized carbons (Fsp3) is 0.654. The summed E-state index contributed by atoms with van der Waals surface area (Å²) in [7, 11) is 0. The van der Waals surface area contributed by atoms with Crippen LogP contribution < -0.4 is 0 Å². The molecule has 0 spiro atoms. The number of rotatable bonds is 7. The highest BCUT2D eigenvalue weighted by Gasteiger charge is 2.51. The van der Waals surface area contributed by atoms with E-state index in [9.17, 15) is 14.4 Å². The lowest BCUT2D eigenvalue weighted by Gasteiger charge is -2.51. The molecule has 0 aromatic heterocycles. The summed E-state index contributed by atoms with van der Waals surface area (Å²) in [6.07, 6.45) is 5.93. The standard InChI is InChI=1S/C26H36N2O4/c1-4-26(2,3)23(29)25(31)28-19-12-8-14-21(28)24(30)27(16-19)20-13-9-15-22(20)32-17-18-10-6-5-7-11-18/h5-7,10-11,19-22H,4,8-9,12-17H2,1-3H3. The molecule has 3 aliphatic rings. The van der Waals surface area contributed by atoms with Crippen molar-refractivity contribution in [3.05, 3.63) is 35.9 Å². The molecule has 2 aliphatic heterocycles. The summed E-state index contributed by atoms with van der Waals surface area (Å²) in [5, 5.41) is 0. The van der Waals surface area contributed by atoms with E-state index in [-0.39, 0.29) is 29.9 Å². The molecule has 6 nitrogen and oxygen atoms in total. The molecule has 4 unspecified atom stereocenters. The second-order valence-corrected chi connectivity index (χ2v) is 10.2. The van der Waals surface area contributed by atoms with Gasteiger partial charge in [-0.2, -0.15) is 0 Å².